The molecule has 0 spiro atoms. The average molecular weight is 394 g/mol. The van der Waals surface area contributed by atoms with Crippen molar-refractivity contribution in [3.05, 3.63) is 72.3 Å². The molecule has 0 unspecified atom stereocenters. The van der Waals surface area contributed by atoms with Gasteiger partial charge in [-0.2, -0.15) is 0 Å². The Labute approximate surface area is 171 Å². The molecule has 152 valence electrons. The van der Waals surface area contributed by atoms with Crippen molar-refractivity contribution >= 4 is 17.7 Å². The van der Waals surface area contributed by atoms with Gasteiger partial charge in [0.15, 0.2) is 0 Å². The van der Waals surface area contributed by atoms with E-state index in [-0.39, 0.29) is 6.04 Å². The van der Waals surface area contributed by atoms with E-state index in [0.29, 0.717) is 5.75 Å². The number of hydrogen-bond donors (Lipinski definition) is 1. The summed E-state index contributed by atoms with van der Waals surface area (Å²) >= 11 is 0. The van der Waals surface area contributed by atoms with E-state index in [2.05, 4.69) is 5.32 Å². The summed E-state index contributed by atoms with van der Waals surface area (Å²) in [4.78, 5) is 26.5. The van der Waals surface area contributed by atoms with Crippen molar-refractivity contribution < 1.29 is 19.1 Å². The van der Waals surface area contributed by atoms with Gasteiger partial charge in [0.05, 0.1) is 24.9 Å². The zero-order valence-electron chi connectivity index (χ0n) is 17.1. The maximum absolute atomic E-state index is 12.8. The van der Waals surface area contributed by atoms with Gasteiger partial charge in [-0.1, -0.05) is 48.5 Å². The number of para-hydroxylation sites is 2. The van der Waals surface area contributed by atoms with Gasteiger partial charge in [0.25, 0.3) is 5.91 Å². The molecule has 0 saturated carbocycles. The van der Waals surface area contributed by atoms with E-state index in [1.807, 2.05) is 54.6 Å². The molecule has 0 aromatic heterocycles. The third kappa shape index (κ3) is 4.77. The molecule has 0 aliphatic carbocycles. The van der Waals surface area contributed by atoms with Crippen LogP contribution in [0.5, 0.6) is 5.75 Å². The minimum absolute atomic E-state index is 0.386. The second-order valence-corrected chi connectivity index (χ2v) is 7.77. The lowest BCUT2D eigenvalue weighted by atomic mass is 9.98. The van der Waals surface area contributed by atoms with Gasteiger partial charge < -0.3 is 14.8 Å². The molecule has 0 radical (unpaired) electrons. The summed E-state index contributed by atoms with van der Waals surface area (Å²) in [6.45, 7) is 5.32. The molecule has 1 aliphatic rings. The van der Waals surface area contributed by atoms with Crippen LogP contribution in [0.15, 0.2) is 66.7 Å². The minimum atomic E-state index is -0.706. The van der Waals surface area contributed by atoms with Gasteiger partial charge in [-0.3, -0.25) is 4.79 Å². The average Bonchev–Trinajstić information content (AvgIpc) is 3.07. The number of ether oxygens (including phenoxy) is 2. The Morgan fingerprint density at radius 3 is 2.38 bits per heavy atom. The summed E-state index contributed by atoms with van der Waals surface area (Å²) in [5.74, 6) is 0.276. The van der Waals surface area contributed by atoms with Gasteiger partial charge in [0.2, 0.25) is 0 Å². The Morgan fingerprint density at radius 2 is 1.72 bits per heavy atom. The summed E-state index contributed by atoms with van der Waals surface area (Å²) in [5, 5.41) is 3.45. The molecule has 2 aromatic carbocycles. The van der Waals surface area contributed by atoms with Crippen LogP contribution < -0.4 is 10.1 Å². The zero-order valence-corrected chi connectivity index (χ0v) is 17.1. The van der Waals surface area contributed by atoms with E-state index in [4.69, 9.17) is 9.47 Å². The van der Waals surface area contributed by atoms with Crippen molar-refractivity contribution in [2.24, 2.45) is 0 Å². The monoisotopic (exact) mass is 394 g/mol. The molecule has 1 heterocycles. The van der Waals surface area contributed by atoms with Crippen molar-refractivity contribution in [2.75, 3.05) is 12.4 Å². The third-order valence-corrected chi connectivity index (χ3v) is 4.48. The van der Waals surface area contributed by atoms with E-state index in [1.165, 1.54) is 6.08 Å². The summed E-state index contributed by atoms with van der Waals surface area (Å²) in [6, 6.07) is 16.3. The van der Waals surface area contributed by atoms with Gasteiger partial charge in [0.1, 0.15) is 11.4 Å². The van der Waals surface area contributed by atoms with Crippen LogP contribution in [0.4, 0.5) is 10.5 Å². The minimum Gasteiger partial charge on any atom is -0.495 e. The number of amides is 2. The van der Waals surface area contributed by atoms with Crippen LogP contribution in [0.1, 0.15) is 32.4 Å². The second kappa shape index (κ2) is 8.39. The van der Waals surface area contributed by atoms with Crippen LogP contribution in [0.2, 0.25) is 0 Å². The summed E-state index contributed by atoms with van der Waals surface area (Å²) < 4.78 is 10.9. The lowest BCUT2D eigenvalue weighted by Crippen LogP contribution is -2.46. The number of carbonyl (C=O) groups is 2. The first-order chi connectivity index (χ1) is 13.8. The van der Waals surface area contributed by atoms with Crippen molar-refractivity contribution in [3.8, 4) is 5.75 Å². The molecular formula is C23H26N2O4. The first-order valence-corrected chi connectivity index (χ1v) is 9.49. The maximum atomic E-state index is 12.8. The fourth-order valence-electron chi connectivity index (χ4n) is 3.23. The maximum Gasteiger partial charge on any atom is 0.417 e. The molecule has 3 rings (SSSR count). The van der Waals surface area contributed by atoms with Crippen LogP contribution in [-0.2, 0) is 9.53 Å². The Hall–Kier alpha value is -3.28. The summed E-state index contributed by atoms with van der Waals surface area (Å²) in [7, 11) is 1.60. The van der Waals surface area contributed by atoms with Crippen molar-refractivity contribution in [1.29, 1.82) is 0 Å². The van der Waals surface area contributed by atoms with Crippen LogP contribution >= 0.6 is 0 Å². The highest BCUT2D eigenvalue weighted by atomic mass is 16.6. The Morgan fingerprint density at radius 1 is 1.07 bits per heavy atom. The summed E-state index contributed by atoms with van der Waals surface area (Å²) in [6.07, 6.45) is 2.47. The van der Waals surface area contributed by atoms with E-state index < -0.39 is 23.6 Å². The first-order valence-electron chi connectivity index (χ1n) is 9.49. The van der Waals surface area contributed by atoms with Gasteiger partial charge >= 0.3 is 6.09 Å². The lowest BCUT2D eigenvalue weighted by molar-refractivity contribution is -0.125. The van der Waals surface area contributed by atoms with Gasteiger partial charge in [0, 0.05) is 6.08 Å². The Balaban J connectivity index is 1.98. The van der Waals surface area contributed by atoms with E-state index in [0.717, 1.165) is 16.2 Å². The lowest BCUT2D eigenvalue weighted by Gasteiger charge is -2.33. The van der Waals surface area contributed by atoms with Crippen LogP contribution in [0.3, 0.4) is 0 Å². The standard InChI is InChI=1S/C23H26N2O4/c1-23(2,3)29-22(27)25-18(14-15-20(25)26)21(16-10-6-5-7-11-16)24-17-12-8-9-13-19(17)28-4/h5-15,18,21,24H,1-4H3/t18-,21+/m1/s1. The SMILES string of the molecule is COc1ccccc1N[C@@H](c1ccccc1)[C@H]1C=CC(=O)N1C(=O)OC(C)(C)C. The molecule has 1 N–H and O–H groups in total. The molecule has 0 bridgehead atoms. The zero-order chi connectivity index (χ0) is 21.0. The fraction of sp³-hybridized carbons (Fsp3) is 0.304. The first kappa shape index (κ1) is 20.5. The number of carbonyl (C=O) groups excluding carboxylic acids is 2. The number of rotatable bonds is 5. The van der Waals surface area contributed by atoms with Crippen LogP contribution in [0.25, 0.3) is 0 Å². The molecule has 6 heteroatoms. The molecule has 29 heavy (non-hydrogen) atoms. The number of nitrogens with zero attached hydrogens (tertiary/aromatic N) is 1. The van der Waals surface area contributed by atoms with Gasteiger partial charge in [-0.05, 0) is 38.5 Å². The second-order valence-electron chi connectivity index (χ2n) is 7.77. The number of nitrogens with one attached hydrogen (secondary N) is 1. The molecule has 2 atom stereocenters. The quantitative estimate of drug-likeness (QED) is 0.806. The topological polar surface area (TPSA) is 67.9 Å². The molecule has 0 fully saturated rings. The van der Waals surface area contributed by atoms with Crippen molar-refractivity contribution in [2.45, 2.75) is 38.5 Å². The number of anilines is 1. The highest BCUT2D eigenvalue weighted by Crippen LogP contribution is 2.34. The van der Waals surface area contributed by atoms with Crippen LogP contribution in [0, 0.1) is 0 Å². The number of hydrogen-bond acceptors (Lipinski definition) is 5. The molecule has 0 saturated heterocycles. The van der Waals surface area contributed by atoms with Gasteiger partial charge in [-0.15, -0.1) is 0 Å². The third-order valence-electron chi connectivity index (χ3n) is 4.48. The molecular weight excluding hydrogens is 368 g/mol. The molecule has 1 aliphatic heterocycles. The predicted octanol–water partition coefficient (Wildman–Crippen LogP) is 4.55. The Bertz CT molecular complexity index is 903. The largest absolute Gasteiger partial charge is 0.495 e. The molecule has 2 amide bonds. The molecule has 2 aromatic rings. The Kier molecular flexibility index (Phi) is 5.92. The number of benzene rings is 2. The smallest absolute Gasteiger partial charge is 0.417 e. The van der Waals surface area contributed by atoms with E-state index in [1.54, 1.807) is 34.0 Å². The normalized spacial score (nSPS) is 17.2. The summed E-state index contributed by atoms with van der Waals surface area (Å²) in [5.41, 5.74) is 0.986. The molecule has 6 nitrogen and oxygen atoms in total. The fourth-order valence-corrected chi connectivity index (χ4v) is 3.23. The highest BCUT2D eigenvalue weighted by Gasteiger charge is 2.40. The van der Waals surface area contributed by atoms with Crippen molar-refractivity contribution in [1.82, 2.24) is 4.90 Å². The van der Waals surface area contributed by atoms with Crippen LogP contribution in [-0.4, -0.2) is 35.7 Å². The van der Waals surface area contributed by atoms with E-state index in [9.17, 15) is 9.59 Å². The number of methoxy groups -OCH3 is 1. The van der Waals surface area contributed by atoms with E-state index >= 15 is 0 Å². The van der Waals surface area contributed by atoms with Crippen molar-refractivity contribution in [3.63, 3.8) is 0 Å². The van der Waals surface area contributed by atoms with Gasteiger partial charge in [-0.25, -0.2) is 9.69 Å². The predicted molar refractivity (Wildman–Crippen MR) is 112 cm³/mol. The highest BCUT2D eigenvalue weighted by molar-refractivity contribution is 6.01. The number of imide groups is 1.